The average molecular weight is 249 g/mol. The first-order valence-electron chi connectivity index (χ1n) is 5.44. The summed E-state index contributed by atoms with van der Waals surface area (Å²) >= 11 is 0. The fourth-order valence-corrected chi connectivity index (χ4v) is 1.80. The van der Waals surface area contributed by atoms with Crippen molar-refractivity contribution in [2.45, 2.75) is 12.8 Å². The molecule has 94 valence electrons. The maximum absolute atomic E-state index is 11.7. The number of piperidine rings is 1. The number of halogens is 1. The summed E-state index contributed by atoms with van der Waals surface area (Å²) in [6.45, 7) is 6.40. The third-order valence-corrected chi connectivity index (χ3v) is 2.67. The summed E-state index contributed by atoms with van der Waals surface area (Å²) in [7, 11) is 0. The lowest BCUT2D eigenvalue weighted by Crippen LogP contribution is -2.43. The Hall–Kier alpha value is -0.580. The minimum absolute atomic E-state index is 0. The van der Waals surface area contributed by atoms with Crippen LogP contribution >= 0.6 is 12.4 Å². The number of carbonyl (C=O) groups excluding carboxylic acids is 1. The van der Waals surface area contributed by atoms with Gasteiger partial charge >= 0.3 is 0 Å². The average Bonchev–Trinajstić information content (AvgIpc) is 2.29. The highest BCUT2D eigenvalue weighted by Crippen LogP contribution is 2.15. The minimum Gasteiger partial charge on any atom is -0.368 e. The lowest BCUT2D eigenvalue weighted by atomic mass is 9.98. The van der Waals surface area contributed by atoms with Gasteiger partial charge in [0.05, 0.1) is 6.61 Å². The van der Waals surface area contributed by atoms with E-state index in [4.69, 9.17) is 10.5 Å². The minimum atomic E-state index is 0. The molecule has 0 aromatic rings. The van der Waals surface area contributed by atoms with Crippen molar-refractivity contribution in [1.82, 2.24) is 4.90 Å². The highest BCUT2D eigenvalue weighted by Gasteiger charge is 2.22. The molecule has 0 aromatic heterocycles. The van der Waals surface area contributed by atoms with E-state index in [1.165, 1.54) is 0 Å². The Labute approximate surface area is 103 Å². The number of ether oxygens (including phenoxy) is 1. The molecule has 5 heteroatoms. The Balaban J connectivity index is 0.00000225. The second-order valence-electron chi connectivity index (χ2n) is 3.89. The van der Waals surface area contributed by atoms with Crippen LogP contribution in [-0.2, 0) is 9.53 Å². The van der Waals surface area contributed by atoms with Crippen LogP contribution in [0.5, 0.6) is 0 Å². The zero-order chi connectivity index (χ0) is 11.1. The number of likely N-dealkylation sites (tertiary alicyclic amines) is 1. The molecule has 1 aliphatic heterocycles. The van der Waals surface area contributed by atoms with E-state index in [0.29, 0.717) is 19.1 Å². The Morgan fingerprint density at radius 3 is 3.00 bits per heavy atom. The molecule has 1 aliphatic rings. The van der Waals surface area contributed by atoms with Gasteiger partial charge in [-0.05, 0) is 25.3 Å². The van der Waals surface area contributed by atoms with Crippen LogP contribution in [0, 0.1) is 5.92 Å². The van der Waals surface area contributed by atoms with Gasteiger partial charge in [-0.2, -0.15) is 0 Å². The van der Waals surface area contributed by atoms with Crippen LogP contribution in [0.25, 0.3) is 0 Å². The van der Waals surface area contributed by atoms with Crippen LogP contribution in [-0.4, -0.2) is 43.7 Å². The second kappa shape index (κ2) is 8.56. The lowest BCUT2D eigenvalue weighted by Gasteiger charge is -2.32. The van der Waals surface area contributed by atoms with Gasteiger partial charge in [-0.1, -0.05) is 6.08 Å². The van der Waals surface area contributed by atoms with E-state index in [2.05, 4.69) is 6.58 Å². The zero-order valence-electron chi connectivity index (χ0n) is 9.56. The number of nitrogens with zero attached hydrogens (tertiary/aromatic N) is 1. The smallest absolute Gasteiger partial charge is 0.248 e. The number of carbonyl (C=O) groups is 1. The van der Waals surface area contributed by atoms with Crippen LogP contribution in [0.1, 0.15) is 12.8 Å². The quantitative estimate of drug-likeness (QED) is 0.579. The van der Waals surface area contributed by atoms with Crippen molar-refractivity contribution in [1.29, 1.82) is 0 Å². The van der Waals surface area contributed by atoms with Gasteiger partial charge in [0.15, 0.2) is 0 Å². The zero-order valence-corrected chi connectivity index (χ0v) is 10.4. The van der Waals surface area contributed by atoms with Gasteiger partial charge < -0.3 is 15.4 Å². The molecule has 1 rings (SSSR count). The van der Waals surface area contributed by atoms with Crippen molar-refractivity contribution in [3.05, 3.63) is 12.7 Å². The highest BCUT2D eigenvalue weighted by atomic mass is 35.5. The number of hydrogen-bond acceptors (Lipinski definition) is 3. The van der Waals surface area contributed by atoms with Crippen molar-refractivity contribution in [2.75, 3.05) is 32.8 Å². The van der Waals surface area contributed by atoms with Crippen LogP contribution < -0.4 is 5.73 Å². The first-order valence-corrected chi connectivity index (χ1v) is 5.44. The van der Waals surface area contributed by atoms with E-state index >= 15 is 0 Å². The van der Waals surface area contributed by atoms with Gasteiger partial charge in [0.25, 0.3) is 0 Å². The van der Waals surface area contributed by atoms with Crippen molar-refractivity contribution < 1.29 is 9.53 Å². The SMILES string of the molecule is C=CCOCC(=O)N1CCCC(CN)C1.Cl. The molecule has 1 saturated heterocycles. The molecule has 0 aromatic carbocycles. The van der Waals surface area contributed by atoms with Crippen LogP contribution in [0.4, 0.5) is 0 Å². The molecule has 1 amide bonds. The molecule has 0 radical (unpaired) electrons. The molecule has 0 bridgehead atoms. The van der Waals surface area contributed by atoms with Crippen LogP contribution in [0.3, 0.4) is 0 Å². The summed E-state index contributed by atoms with van der Waals surface area (Å²) in [4.78, 5) is 13.5. The Kier molecular flexibility index (Phi) is 8.25. The molecule has 1 heterocycles. The largest absolute Gasteiger partial charge is 0.368 e. The van der Waals surface area contributed by atoms with Crippen molar-refractivity contribution in [2.24, 2.45) is 11.7 Å². The van der Waals surface area contributed by atoms with Crippen LogP contribution in [0.15, 0.2) is 12.7 Å². The van der Waals surface area contributed by atoms with Crippen molar-refractivity contribution in [3.63, 3.8) is 0 Å². The first kappa shape index (κ1) is 15.4. The third kappa shape index (κ3) is 4.96. The summed E-state index contributed by atoms with van der Waals surface area (Å²) in [6, 6.07) is 0. The summed E-state index contributed by atoms with van der Waals surface area (Å²) in [6.07, 6.45) is 3.83. The van der Waals surface area contributed by atoms with Gasteiger partial charge in [0.2, 0.25) is 5.91 Å². The molecule has 1 fully saturated rings. The molecule has 1 unspecified atom stereocenters. The number of amides is 1. The van der Waals surface area contributed by atoms with Crippen LogP contribution in [0.2, 0.25) is 0 Å². The van der Waals surface area contributed by atoms with Crippen molar-refractivity contribution >= 4 is 18.3 Å². The Bertz CT molecular complexity index is 224. The van der Waals surface area contributed by atoms with E-state index in [1.807, 2.05) is 4.90 Å². The maximum atomic E-state index is 11.7. The predicted octanol–water partition coefficient (Wildman–Crippen LogP) is 0.808. The normalized spacial score (nSPS) is 20.1. The molecular weight excluding hydrogens is 228 g/mol. The molecule has 4 nitrogen and oxygen atoms in total. The Morgan fingerprint density at radius 1 is 1.62 bits per heavy atom. The molecule has 0 spiro atoms. The summed E-state index contributed by atoms with van der Waals surface area (Å²) < 4.78 is 5.13. The molecule has 0 saturated carbocycles. The summed E-state index contributed by atoms with van der Waals surface area (Å²) in [5.41, 5.74) is 5.60. The standard InChI is InChI=1S/C11H20N2O2.ClH/c1-2-6-15-9-11(14)13-5-3-4-10(7-12)8-13;/h2,10H,1,3-9,12H2;1H. The predicted molar refractivity (Wildman–Crippen MR) is 66.6 cm³/mol. The van der Waals surface area contributed by atoms with E-state index in [-0.39, 0.29) is 24.9 Å². The maximum Gasteiger partial charge on any atom is 0.248 e. The molecule has 1 atom stereocenters. The molecular formula is C11H21ClN2O2. The van der Waals surface area contributed by atoms with E-state index in [1.54, 1.807) is 6.08 Å². The van der Waals surface area contributed by atoms with E-state index in [0.717, 1.165) is 25.9 Å². The fourth-order valence-electron chi connectivity index (χ4n) is 1.80. The number of rotatable bonds is 5. The van der Waals surface area contributed by atoms with Gasteiger partial charge in [0, 0.05) is 13.1 Å². The van der Waals surface area contributed by atoms with E-state index in [9.17, 15) is 4.79 Å². The number of nitrogens with two attached hydrogens (primary N) is 1. The number of hydrogen-bond donors (Lipinski definition) is 1. The molecule has 16 heavy (non-hydrogen) atoms. The highest BCUT2D eigenvalue weighted by molar-refractivity contribution is 5.85. The summed E-state index contributed by atoms with van der Waals surface area (Å²) in [5, 5.41) is 0. The van der Waals surface area contributed by atoms with E-state index < -0.39 is 0 Å². The fraction of sp³-hybridized carbons (Fsp3) is 0.727. The topological polar surface area (TPSA) is 55.6 Å². The lowest BCUT2D eigenvalue weighted by molar-refractivity contribution is -0.137. The molecule has 2 N–H and O–H groups in total. The first-order chi connectivity index (χ1) is 7.27. The van der Waals surface area contributed by atoms with Gasteiger partial charge in [0.1, 0.15) is 6.61 Å². The van der Waals surface area contributed by atoms with Gasteiger partial charge in [-0.3, -0.25) is 4.79 Å². The monoisotopic (exact) mass is 248 g/mol. The Morgan fingerprint density at radius 2 is 2.38 bits per heavy atom. The third-order valence-electron chi connectivity index (χ3n) is 2.67. The van der Waals surface area contributed by atoms with Gasteiger partial charge in [-0.25, -0.2) is 0 Å². The summed E-state index contributed by atoms with van der Waals surface area (Å²) in [5.74, 6) is 0.525. The molecule has 0 aliphatic carbocycles. The van der Waals surface area contributed by atoms with Gasteiger partial charge in [-0.15, -0.1) is 19.0 Å². The van der Waals surface area contributed by atoms with Crippen molar-refractivity contribution in [3.8, 4) is 0 Å². The second-order valence-corrected chi connectivity index (χ2v) is 3.89.